The van der Waals surface area contributed by atoms with Crippen LogP contribution in [0, 0.1) is 5.82 Å². The van der Waals surface area contributed by atoms with Gasteiger partial charge in [0.1, 0.15) is 0 Å². The van der Waals surface area contributed by atoms with Crippen molar-refractivity contribution in [3.8, 4) is 17.4 Å². The Bertz CT molecular complexity index is 1300. The summed E-state index contributed by atoms with van der Waals surface area (Å²) in [5, 5.41) is 2.63. The van der Waals surface area contributed by atoms with E-state index in [0.29, 0.717) is 27.7 Å². The Morgan fingerprint density at radius 2 is 2.18 bits per heavy atom. The van der Waals surface area contributed by atoms with E-state index < -0.39 is 17.6 Å². The fourth-order valence-corrected chi connectivity index (χ4v) is 4.67. The molecule has 1 aliphatic rings. The first kappa shape index (κ1) is 24.1. The number of hydrogen-bond acceptors (Lipinski definition) is 9. The average Bonchev–Trinajstić information content (AvgIpc) is 3.43. The summed E-state index contributed by atoms with van der Waals surface area (Å²) in [5.74, 6) is -1.53. The molecule has 0 atom stereocenters. The summed E-state index contributed by atoms with van der Waals surface area (Å²) in [7, 11) is 0. The van der Waals surface area contributed by atoms with E-state index in [4.69, 9.17) is 33.3 Å². The Morgan fingerprint density at radius 3 is 2.91 bits per heavy atom. The average molecular weight is 537 g/mol. The third-order valence-corrected chi connectivity index (χ3v) is 6.56. The van der Waals surface area contributed by atoms with E-state index in [-0.39, 0.29) is 21.2 Å². The van der Waals surface area contributed by atoms with Crippen LogP contribution in [-0.2, 0) is 4.79 Å². The fourth-order valence-electron chi connectivity index (χ4n) is 2.75. The van der Waals surface area contributed by atoms with Crippen LogP contribution in [0.3, 0.4) is 0 Å². The molecule has 2 aromatic heterocycles. The monoisotopic (exact) mass is 536 g/mol. The molecule has 1 fully saturated rings. The van der Waals surface area contributed by atoms with Crippen molar-refractivity contribution in [1.82, 2.24) is 20.4 Å². The van der Waals surface area contributed by atoms with Gasteiger partial charge < -0.3 is 9.47 Å². The first-order valence-corrected chi connectivity index (χ1v) is 12.1. The van der Waals surface area contributed by atoms with Gasteiger partial charge in [0, 0.05) is 0 Å². The van der Waals surface area contributed by atoms with E-state index >= 15 is 0 Å². The summed E-state index contributed by atoms with van der Waals surface area (Å²) in [6, 6.07) is 8.20. The topological polar surface area (TPSA) is 93.7 Å². The van der Waals surface area contributed by atoms with Gasteiger partial charge in [-0.1, -0.05) is 23.9 Å². The van der Waals surface area contributed by atoms with Gasteiger partial charge in [0.15, 0.2) is 15.8 Å². The zero-order valence-electron chi connectivity index (χ0n) is 17.3. The first-order valence-electron chi connectivity index (χ1n) is 9.61. The Labute approximate surface area is 211 Å². The molecule has 0 radical (unpaired) electrons. The number of rotatable bonds is 7. The van der Waals surface area contributed by atoms with Gasteiger partial charge >= 0.3 is 0 Å². The maximum atomic E-state index is 14.0. The number of carbonyl (C=O) groups is 2. The van der Waals surface area contributed by atoms with Crippen LogP contribution in [0.1, 0.15) is 22.2 Å². The first-order chi connectivity index (χ1) is 16.4. The molecule has 4 rings (SSSR count). The Kier molecular flexibility index (Phi) is 7.41. The predicted octanol–water partition coefficient (Wildman–Crippen LogP) is 5.07. The molecule has 34 heavy (non-hydrogen) atoms. The van der Waals surface area contributed by atoms with Gasteiger partial charge in [0.25, 0.3) is 17.7 Å². The molecule has 0 unspecified atom stereocenters. The molecule has 8 nitrogen and oxygen atoms in total. The summed E-state index contributed by atoms with van der Waals surface area (Å²) in [6.45, 7) is 2.09. The van der Waals surface area contributed by atoms with Crippen molar-refractivity contribution in [1.29, 1.82) is 0 Å². The van der Waals surface area contributed by atoms with Gasteiger partial charge in [0.05, 0.1) is 22.6 Å². The van der Waals surface area contributed by atoms with Crippen LogP contribution < -0.4 is 14.9 Å². The molecule has 0 spiro atoms. The van der Waals surface area contributed by atoms with Gasteiger partial charge in [-0.25, -0.2) is 4.98 Å². The zero-order valence-corrected chi connectivity index (χ0v) is 20.5. The van der Waals surface area contributed by atoms with Gasteiger partial charge in [0.2, 0.25) is 11.1 Å². The van der Waals surface area contributed by atoms with Gasteiger partial charge in [-0.3, -0.25) is 15.0 Å². The molecule has 3 aromatic rings. The standard InChI is InChI=1S/C21H14ClFN4O4S3/c1-2-30-14-8-11(5-6-13(14)31-18-12(23)10-24-20(22)25-18)9-16-19(29)27(21(32)34-16)26-17(28)15-4-3-7-33-15/h3-10H,2H2,1H3,(H,26,28)/b16-9+. The Morgan fingerprint density at radius 1 is 1.35 bits per heavy atom. The van der Waals surface area contributed by atoms with Crippen molar-refractivity contribution in [2.75, 3.05) is 6.61 Å². The lowest BCUT2D eigenvalue weighted by molar-refractivity contribution is -0.123. The maximum Gasteiger partial charge on any atom is 0.285 e. The number of nitrogens with zero attached hydrogens (tertiary/aromatic N) is 3. The van der Waals surface area contributed by atoms with Gasteiger partial charge in [-0.2, -0.15) is 14.4 Å². The van der Waals surface area contributed by atoms with Crippen molar-refractivity contribution in [2.24, 2.45) is 0 Å². The lowest BCUT2D eigenvalue weighted by Crippen LogP contribution is -2.44. The number of halogens is 2. The second-order valence-corrected chi connectivity index (χ2v) is 9.43. The third-order valence-electron chi connectivity index (χ3n) is 4.21. The molecule has 3 heterocycles. The molecular formula is C21H14ClFN4O4S3. The van der Waals surface area contributed by atoms with Crippen molar-refractivity contribution >= 4 is 69.1 Å². The SMILES string of the molecule is CCOc1cc(/C=C2/SC(=S)N(NC(=O)c3cccs3)C2=O)ccc1Oc1nc(Cl)ncc1F. The molecule has 0 saturated carbocycles. The smallest absolute Gasteiger partial charge is 0.285 e. The summed E-state index contributed by atoms with van der Waals surface area (Å²) in [4.78, 5) is 33.2. The van der Waals surface area contributed by atoms with Crippen LogP contribution in [0.15, 0.2) is 46.8 Å². The number of aromatic nitrogens is 2. The molecule has 1 aromatic carbocycles. The van der Waals surface area contributed by atoms with Crippen molar-refractivity contribution < 1.29 is 23.5 Å². The lowest BCUT2D eigenvalue weighted by Gasteiger charge is -2.14. The molecule has 174 valence electrons. The van der Waals surface area contributed by atoms with Crippen LogP contribution in [0.4, 0.5) is 4.39 Å². The number of thioether (sulfide) groups is 1. The molecule has 0 bridgehead atoms. The summed E-state index contributed by atoms with van der Waals surface area (Å²) in [5.41, 5.74) is 3.12. The molecular weight excluding hydrogens is 523 g/mol. The van der Waals surface area contributed by atoms with Crippen LogP contribution in [0.25, 0.3) is 6.08 Å². The van der Waals surface area contributed by atoms with E-state index in [0.717, 1.165) is 23.0 Å². The second-order valence-electron chi connectivity index (χ2n) is 6.47. The molecule has 1 N–H and O–H groups in total. The minimum absolute atomic E-state index is 0.167. The molecule has 2 amide bonds. The summed E-state index contributed by atoms with van der Waals surface area (Å²) in [6.07, 6.45) is 2.50. The second kappa shape index (κ2) is 10.5. The van der Waals surface area contributed by atoms with Crippen LogP contribution in [-0.4, -0.2) is 37.7 Å². The summed E-state index contributed by atoms with van der Waals surface area (Å²) < 4.78 is 25.3. The van der Waals surface area contributed by atoms with Crippen LogP contribution in [0.2, 0.25) is 5.28 Å². The van der Waals surface area contributed by atoms with Crippen molar-refractivity contribution in [3.63, 3.8) is 0 Å². The highest BCUT2D eigenvalue weighted by molar-refractivity contribution is 8.26. The van der Waals surface area contributed by atoms with E-state index in [1.807, 2.05) is 0 Å². The van der Waals surface area contributed by atoms with Gasteiger partial charge in [-0.05, 0) is 66.0 Å². The lowest BCUT2D eigenvalue weighted by atomic mass is 10.2. The van der Waals surface area contributed by atoms with E-state index in [2.05, 4.69) is 15.4 Å². The number of thiocarbonyl (C=S) groups is 1. The van der Waals surface area contributed by atoms with E-state index in [9.17, 15) is 14.0 Å². The number of benzene rings is 1. The van der Waals surface area contributed by atoms with Crippen molar-refractivity contribution in [3.05, 3.63) is 68.4 Å². The highest BCUT2D eigenvalue weighted by Crippen LogP contribution is 2.36. The minimum atomic E-state index is -0.788. The minimum Gasteiger partial charge on any atom is -0.490 e. The Hall–Kier alpha value is -3.06. The van der Waals surface area contributed by atoms with Gasteiger partial charge in [-0.15, -0.1) is 11.3 Å². The number of carbonyl (C=O) groups excluding carboxylic acids is 2. The number of hydrazine groups is 1. The quantitative estimate of drug-likeness (QED) is 0.254. The largest absolute Gasteiger partial charge is 0.490 e. The third kappa shape index (κ3) is 5.36. The molecule has 13 heteroatoms. The molecule has 0 aliphatic carbocycles. The fraction of sp³-hybridized carbons (Fsp3) is 0.0952. The maximum absolute atomic E-state index is 14.0. The highest BCUT2D eigenvalue weighted by Gasteiger charge is 2.34. The number of thiophene rings is 1. The van der Waals surface area contributed by atoms with Crippen LogP contribution in [0.5, 0.6) is 17.4 Å². The molecule has 1 aliphatic heterocycles. The number of nitrogens with one attached hydrogen (secondary N) is 1. The van der Waals surface area contributed by atoms with Crippen LogP contribution >= 0.6 is 46.9 Å². The number of amides is 2. The van der Waals surface area contributed by atoms with Crippen molar-refractivity contribution in [2.45, 2.75) is 6.92 Å². The zero-order chi connectivity index (χ0) is 24.2. The predicted molar refractivity (Wildman–Crippen MR) is 131 cm³/mol. The molecule has 1 saturated heterocycles. The van der Waals surface area contributed by atoms with E-state index in [1.54, 1.807) is 48.7 Å². The highest BCUT2D eigenvalue weighted by atomic mass is 35.5. The number of hydrogen-bond donors (Lipinski definition) is 1. The van der Waals surface area contributed by atoms with E-state index in [1.165, 1.54) is 11.3 Å². The normalized spacial score (nSPS) is 14.6. The number of ether oxygens (including phenoxy) is 2. The Balaban J connectivity index is 1.55. The summed E-state index contributed by atoms with van der Waals surface area (Å²) >= 11 is 13.3.